The Kier molecular flexibility index (Phi) is 5.20. The highest BCUT2D eigenvalue weighted by Gasteiger charge is 2.49. The maximum atomic E-state index is 12.6. The van der Waals surface area contributed by atoms with Crippen LogP contribution < -0.4 is 10.1 Å². The molecule has 2 heterocycles. The number of likely N-dealkylation sites (tertiary alicyclic amines) is 2. The summed E-state index contributed by atoms with van der Waals surface area (Å²) in [6.07, 6.45) is -0.192. The van der Waals surface area contributed by atoms with E-state index in [2.05, 4.69) is 24.2 Å². The van der Waals surface area contributed by atoms with E-state index in [0.717, 1.165) is 37.5 Å². The third-order valence-electron chi connectivity index (χ3n) is 5.62. The van der Waals surface area contributed by atoms with E-state index in [1.165, 1.54) is 0 Å². The van der Waals surface area contributed by atoms with Gasteiger partial charge >= 0.3 is 6.03 Å². The number of urea groups is 1. The molecule has 0 aliphatic carbocycles. The van der Waals surface area contributed by atoms with E-state index < -0.39 is 0 Å². The predicted octanol–water partition coefficient (Wildman–Crippen LogP) is 1.98. The molecule has 2 amide bonds. The fraction of sp³-hybridized carbons (Fsp3) is 0.632. The Morgan fingerprint density at radius 1 is 1.36 bits per heavy atom. The SMILES string of the molecule is COc1cccc(C(CNC(=O)N2C[C@@H]3CN(C)C[C@]3(C)C2)OC)c1. The number of hydrogen-bond acceptors (Lipinski definition) is 4. The van der Waals surface area contributed by atoms with Gasteiger partial charge in [-0.1, -0.05) is 19.1 Å². The zero-order valence-electron chi connectivity index (χ0n) is 15.6. The highest BCUT2D eigenvalue weighted by molar-refractivity contribution is 5.74. The van der Waals surface area contributed by atoms with Gasteiger partial charge in [-0.25, -0.2) is 4.79 Å². The van der Waals surface area contributed by atoms with Crippen LogP contribution in [0.3, 0.4) is 0 Å². The molecule has 1 N–H and O–H groups in total. The van der Waals surface area contributed by atoms with Gasteiger partial charge in [-0.05, 0) is 30.7 Å². The molecular formula is C19H29N3O3. The number of methoxy groups -OCH3 is 2. The number of nitrogens with one attached hydrogen (secondary N) is 1. The number of amides is 2. The molecule has 3 rings (SSSR count). The molecule has 0 radical (unpaired) electrons. The molecule has 2 aliphatic rings. The van der Waals surface area contributed by atoms with E-state index >= 15 is 0 Å². The number of carbonyl (C=O) groups excluding carboxylic acids is 1. The zero-order valence-corrected chi connectivity index (χ0v) is 15.6. The number of nitrogens with zero attached hydrogens (tertiary/aromatic N) is 2. The second-order valence-corrected chi connectivity index (χ2v) is 7.62. The lowest BCUT2D eigenvalue weighted by atomic mass is 9.83. The standard InChI is InChI=1S/C19H29N3O3/c1-19-12-21(2)10-15(19)11-22(13-19)18(23)20-9-17(25-4)14-6-5-7-16(8-14)24-3/h5-8,15,17H,9-13H2,1-4H3,(H,20,23)/t15-,17?,19+/m0/s1. The molecule has 6 nitrogen and oxygen atoms in total. The number of hydrogen-bond donors (Lipinski definition) is 1. The fourth-order valence-corrected chi connectivity index (χ4v) is 4.26. The van der Waals surface area contributed by atoms with Gasteiger partial charge in [0.25, 0.3) is 0 Å². The third kappa shape index (κ3) is 3.75. The van der Waals surface area contributed by atoms with Gasteiger partial charge in [0.1, 0.15) is 5.75 Å². The Labute approximate surface area is 150 Å². The van der Waals surface area contributed by atoms with Gasteiger partial charge in [0.05, 0.1) is 13.2 Å². The highest BCUT2D eigenvalue weighted by atomic mass is 16.5. The van der Waals surface area contributed by atoms with Crippen molar-refractivity contribution in [2.45, 2.75) is 13.0 Å². The molecule has 6 heteroatoms. The van der Waals surface area contributed by atoms with Crippen molar-refractivity contribution < 1.29 is 14.3 Å². The van der Waals surface area contributed by atoms with Crippen molar-refractivity contribution >= 4 is 6.03 Å². The molecule has 2 fully saturated rings. The minimum Gasteiger partial charge on any atom is -0.497 e. The average molecular weight is 347 g/mol. The molecule has 2 saturated heterocycles. The summed E-state index contributed by atoms with van der Waals surface area (Å²) in [4.78, 5) is 16.9. The van der Waals surface area contributed by atoms with Gasteiger partial charge in [-0.3, -0.25) is 0 Å². The topological polar surface area (TPSA) is 54.0 Å². The first-order valence-electron chi connectivity index (χ1n) is 8.83. The van der Waals surface area contributed by atoms with Gasteiger partial charge in [0, 0.05) is 45.2 Å². The van der Waals surface area contributed by atoms with Gasteiger partial charge < -0.3 is 24.6 Å². The van der Waals surface area contributed by atoms with E-state index in [1.54, 1.807) is 14.2 Å². The summed E-state index contributed by atoms with van der Waals surface area (Å²) in [5.41, 5.74) is 1.22. The average Bonchev–Trinajstić information content (AvgIpc) is 3.05. The molecule has 1 unspecified atom stereocenters. The van der Waals surface area contributed by atoms with Crippen LogP contribution in [0.4, 0.5) is 4.79 Å². The minimum atomic E-state index is -0.192. The molecule has 25 heavy (non-hydrogen) atoms. The van der Waals surface area contributed by atoms with Crippen LogP contribution in [0.25, 0.3) is 0 Å². The second kappa shape index (κ2) is 7.22. The minimum absolute atomic E-state index is 0.00299. The van der Waals surface area contributed by atoms with Crippen molar-refractivity contribution in [3.63, 3.8) is 0 Å². The summed E-state index contributed by atoms with van der Waals surface area (Å²) in [6, 6.07) is 7.76. The van der Waals surface area contributed by atoms with Crippen LogP contribution in [0.2, 0.25) is 0 Å². The lowest BCUT2D eigenvalue weighted by molar-refractivity contribution is 0.101. The van der Waals surface area contributed by atoms with E-state index in [0.29, 0.717) is 12.5 Å². The van der Waals surface area contributed by atoms with Gasteiger partial charge in [-0.15, -0.1) is 0 Å². The number of ether oxygens (including phenoxy) is 2. The second-order valence-electron chi connectivity index (χ2n) is 7.62. The van der Waals surface area contributed by atoms with E-state index in [4.69, 9.17) is 9.47 Å². The lowest BCUT2D eigenvalue weighted by Crippen LogP contribution is -2.42. The van der Waals surface area contributed by atoms with E-state index in [-0.39, 0.29) is 17.6 Å². The molecule has 0 bridgehead atoms. The van der Waals surface area contributed by atoms with Crippen LogP contribution in [-0.2, 0) is 4.74 Å². The smallest absolute Gasteiger partial charge is 0.317 e. The number of rotatable bonds is 5. The van der Waals surface area contributed by atoms with Crippen LogP contribution in [-0.4, -0.2) is 69.8 Å². The summed E-state index contributed by atoms with van der Waals surface area (Å²) >= 11 is 0. The van der Waals surface area contributed by atoms with Crippen molar-refractivity contribution in [3.05, 3.63) is 29.8 Å². The van der Waals surface area contributed by atoms with E-state index in [9.17, 15) is 4.79 Å². The van der Waals surface area contributed by atoms with Crippen LogP contribution >= 0.6 is 0 Å². The van der Waals surface area contributed by atoms with Gasteiger partial charge in [0.2, 0.25) is 0 Å². The van der Waals surface area contributed by atoms with Crippen molar-refractivity contribution in [3.8, 4) is 5.75 Å². The Balaban J connectivity index is 1.56. The zero-order chi connectivity index (χ0) is 18.0. The highest BCUT2D eigenvalue weighted by Crippen LogP contribution is 2.41. The van der Waals surface area contributed by atoms with E-state index in [1.807, 2.05) is 29.2 Å². The van der Waals surface area contributed by atoms with Crippen molar-refractivity contribution in [1.29, 1.82) is 0 Å². The van der Waals surface area contributed by atoms with Crippen LogP contribution in [0, 0.1) is 11.3 Å². The van der Waals surface area contributed by atoms with Crippen LogP contribution in [0.5, 0.6) is 5.75 Å². The predicted molar refractivity (Wildman–Crippen MR) is 96.8 cm³/mol. The van der Waals surface area contributed by atoms with Crippen molar-refractivity contribution in [2.75, 3.05) is 54.0 Å². The van der Waals surface area contributed by atoms with Crippen LogP contribution in [0.1, 0.15) is 18.6 Å². The first kappa shape index (κ1) is 18.0. The summed E-state index contributed by atoms with van der Waals surface area (Å²) in [5, 5.41) is 3.04. The maximum absolute atomic E-state index is 12.6. The van der Waals surface area contributed by atoms with Crippen molar-refractivity contribution in [2.24, 2.45) is 11.3 Å². The largest absolute Gasteiger partial charge is 0.497 e. The quantitative estimate of drug-likeness (QED) is 0.885. The van der Waals surface area contributed by atoms with Crippen LogP contribution in [0.15, 0.2) is 24.3 Å². The number of carbonyl (C=O) groups is 1. The summed E-state index contributed by atoms with van der Waals surface area (Å²) < 4.78 is 10.8. The summed E-state index contributed by atoms with van der Waals surface area (Å²) in [5.74, 6) is 1.36. The number of benzene rings is 1. The fourth-order valence-electron chi connectivity index (χ4n) is 4.26. The molecule has 2 aliphatic heterocycles. The summed E-state index contributed by atoms with van der Waals surface area (Å²) in [6.45, 7) is 6.54. The molecular weight excluding hydrogens is 318 g/mol. The molecule has 3 atom stereocenters. The summed E-state index contributed by atoms with van der Waals surface area (Å²) in [7, 11) is 5.46. The molecule has 0 aromatic heterocycles. The van der Waals surface area contributed by atoms with Gasteiger partial charge in [0.15, 0.2) is 0 Å². The normalized spacial score (nSPS) is 27.2. The molecule has 0 spiro atoms. The third-order valence-corrected chi connectivity index (χ3v) is 5.62. The monoisotopic (exact) mass is 347 g/mol. The first-order chi connectivity index (χ1) is 11.9. The van der Waals surface area contributed by atoms with Gasteiger partial charge in [-0.2, -0.15) is 0 Å². The molecule has 1 aromatic rings. The number of fused-ring (bicyclic) bond motifs is 1. The Hall–Kier alpha value is -1.79. The van der Waals surface area contributed by atoms with Crippen molar-refractivity contribution in [1.82, 2.24) is 15.1 Å². The Morgan fingerprint density at radius 3 is 2.84 bits per heavy atom. The molecule has 1 aromatic carbocycles. The Morgan fingerprint density at radius 2 is 2.16 bits per heavy atom. The first-order valence-corrected chi connectivity index (χ1v) is 8.83. The molecule has 0 saturated carbocycles. The lowest BCUT2D eigenvalue weighted by Gasteiger charge is -2.25. The molecule has 138 valence electrons. The maximum Gasteiger partial charge on any atom is 0.317 e. The Bertz CT molecular complexity index is 624.